The number of aromatic nitrogens is 3. The Morgan fingerprint density at radius 3 is 2.44 bits per heavy atom. The number of aromatic amines is 1. The zero-order valence-electron chi connectivity index (χ0n) is 21.3. The number of primary amides is 1. The normalized spacial score (nSPS) is 15.4. The molecule has 0 spiro atoms. The highest BCUT2D eigenvalue weighted by Crippen LogP contribution is 2.35. The molecule has 3 heterocycles. The Morgan fingerprint density at radius 2 is 1.72 bits per heavy atom. The number of H-pyrrole nitrogens is 1. The maximum atomic E-state index is 12.5. The fourth-order valence-electron chi connectivity index (χ4n) is 5.53. The fraction of sp³-hybridized carbons (Fsp3) is 0.310. The molecule has 1 amide bonds. The van der Waals surface area contributed by atoms with E-state index in [-0.39, 0.29) is 5.54 Å². The van der Waals surface area contributed by atoms with Crippen molar-refractivity contribution in [2.75, 3.05) is 31.1 Å². The predicted octanol–water partition coefficient (Wildman–Crippen LogP) is 4.89. The van der Waals surface area contributed by atoms with Crippen LogP contribution >= 0.6 is 0 Å². The maximum Gasteiger partial charge on any atom is 0.250 e. The third kappa shape index (κ3) is 3.71. The van der Waals surface area contributed by atoms with Gasteiger partial charge in [-0.1, -0.05) is 12.1 Å². The first-order valence-corrected chi connectivity index (χ1v) is 12.5. The van der Waals surface area contributed by atoms with Crippen LogP contribution in [0.4, 0.5) is 5.69 Å². The summed E-state index contributed by atoms with van der Waals surface area (Å²) in [6.45, 7) is 10.9. The predicted molar refractivity (Wildman–Crippen MR) is 148 cm³/mol. The molecule has 0 atom stereocenters. The lowest BCUT2D eigenvalue weighted by atomic mass is 9.98. The van der Waals surface area contributed by atoms with E-state index in [1.165, 1.54) is 5.69 Å². The summed E-state index contributed by atoms with van der Waals surface area (Å²) in [6, 6.07) is 16.9. The van der Waals surface area contributed by atoms with Gasteiger partial charge >= 0.3 is 0 Å². The lowest BCUT2D eigenvalue weighted by Crippen LogP contribution is -2.53. The molecule has 1 aliphatic heterocycles. The second kappa shape index (κ2) is 8.10. The molecule has 7 nitrogen and oxygen atoms in total. The number of benzene rings is 3. The van der Waals surface area contributed by atoms with Gasteiger partial charge in [0.1, 0.15) is 0 Å². The Hall–Kier alpha value is -3.84. The van der Waals surface area contributed by atoms with Crippen LogP contribution in [0.5, 0.6) is 0 Å². The molecule has 3 aromatic carbocycles. The van der Waals surface area contributed by atoms with Crippen molar-refractivity contribution in [1.29, 1.82) is 0 Å². The number of carbonyl (C=O) groups excluding carboxylic acids is 1. The van der Waals surface area contributed by atoms with E-state index < -0.39 is 5.91 Å². The molecule has 36 heavy (non-hydrogen) atoms. The third-order valence-corrected chi connectivity index (χ3v) is 7.63. The molecule has 3 N–H and O–H groups in total. The van der Waals surface area contributed by atoms with Crippen LogP contribution in [-0.2, 0) is 7.05 Å². The summed E-state index contributed by atoms with van der Waals surface area (Å²) >= 11 is 0. The molecule has 0 unspecified atom stereocenters. The maximum absolute atomic E-state index is 12.5. The number of carbonyl (C=O) groups is 1. The van der Waals surface area contributed by atoms with Crippen molar-refractivity contribution in [3.63, 3.8) is 0 Å². The number of rotatable bonds is 3. The number of anilines is 1. The topological polar surface area (TPSA) is 83.2 Å². The second-order valence-electron chi connectivity index (χ2n) is 10.9. The van der Waals surface area contributed by atoms with Crippen LogP contribution in [0, 0.1) is 0 Å². The molecule has 0 saturated carbocycles. The SMILES string of the molecule is Cn1ncc2cc(-c3cc(C(N)=O)c4[nH]c5cc(N6CCN(C(C)(C)C)CC6)ccc5c4c3)ccc21. The van der Waals surface area contributed by atoms with Crippen molar-refractivity contribution >= 4 is 44.3 Å². The average Bonchev–Trinajstić information content (AvgIpc) is 3.42. The number of aryl methyl sites for hydroxylation is 1. The molecule has 0 radical (unpaired) electrons. The number of hydrogen-bond donors (Lipinski definition) is 2. The van der Waals surface area contributed by atoms with E-state index in [1.807, 2.05) is 24.0 Å². The number of fused-ring (bicyclic) bond motifs is 4. The second-order valence-corrected chi connectivity index (χ2v) is 10.9. The minimum absolute atomic E-state index is 0.192. The molecule has 1 saturated heterocycles. The van der Waals surface area contributed by atoms with Gasteiger partial charge in [0.25, 0.3) is 5.91 Å². The van der Waals surface area contributed by atoms with Crippen LogP contribution in [0.25, 0.3) is 43.8 Å². The smallest absolute Gasteiger partial charge is 0.250 e. The van der Waals surface area contributed by atoms with E-state index in [4.69, 9.17) is 5.73 Å². The van der Waals surface area contributed by atoms with Crippen molar-refractivity contribution in [2.45, 2.75) is 26.3 Å². The molecule has 184 valence electrons. The van der Waals surface area contributed by atoms with E-state index in [9.17, 15) is 4.79 Å². The van der Waals surface area contributed by atoms with Gasteiger partial charge in [-0.15, -0.1) is 0 Å². The Kier molecular flexibility index (Phi) is 5.09. The molecule has 0 aliphatic carbocycles. The fourth-order valence-corrected chi connectivity index (χ4v) is 5.53. The zero-order chi connectivity index (χ0) is 25.2. The van der Waals surface area contributed by atoms with E-state index in [1.54, 1.807) is 0 Å². The zero-order valence-corrected chi connectivity index (χ0v) is 21.3. The first-order chi connectivity index (χ1) is 17.2. The van der Waals surface area contributed by atoms with Crippen molar-refractivity contribution in [1.82, 2.24) is 19.7 Å². The minimum atomic E-state index is -0.436. The van der Waals surface area contributed by atoms with E-state index in [0.717, 1.165) is 70.0 Å². The van der Waals surface area contributed by atoms with Crippen LogP contribution < -0.4 is 10.6 Å². The minimum Gasteiger partial charge on any atom is -0.369 e. The Bertz CT molecular complexity index is 1630. The monoisotopic (exact) mass is 480 g/mol. The first kappa shape index (κ1) is 22.6. The molecule has 2 aromatic heterocycles. The summed E-state index contributed by atoms with van der Waals surface area (Å²) < 4.78 is 1.86. The van der Waals surface area contributed by atoms with Gasteiger partial charge in [-0.05, 0) is 68.3 Å². The van der Waals surface area contributed by atoms with Crippen molar-refractivity contribution in [3.8, 4) is 11.1 Å². The van der Waals surface area contributed by atoms with Gasteiger partial charge in [0.2, 0.25) is 0 Å². The summed E-state index contributed by atoms with van der Waals surface area (Å²) in [5, 5.41) is 7.51. The first-order valence-electron chi connectivity index (χ1n) is 12.5. The van der Waals surface area contributed by atoms with Crippen LogP contribution in [0.1, 0.15) is 31.1 Å². The number of nitrogens with one attached hydrogen (secondary N) is 1. The number of nitrogens with two attached hydrogens (primary N) is 1. The van der Waals surface area contributed by atoms with E-state index in [0.29, 0.717) is 5.56 Å². The molecule has 6 rings (SSSR count). The highest BCUT2D eigenvalue weighted by Gasteiger charge is 2.26. The van der Waals surface area contributed by atoms with Crippen LogP contribution in [-0.4, -0.2) is 57.3 Å². The summed E-state index contributed by atoms with van der Waals surface area (Å²) in [5.41, 5.74) is 12.6. The highest BCUT2D eigenvalue weighted by atomic mass is 16.1. The molecule has 5 aromatic rings. The average molecular weight is 481 g/mol. The number of piperazine rings is 1. The van der Waals surface area contributed by atoms with Gasteiger partial charge in [0, 0.05) is 66.1 Å². The number of nitrogens with zero attached hydrogens (tertiary/aromatic N) is 4. The number of amides is 1. The molecular formula is C29H32N6O. The lowest BCUT2D eigenvalue weighted by Gasteiger charge is -2.43. The van der Waals surface area contributed by atoms with Crippen LogP contribution in [0.15, 0.2) is 54.7 Å². The molecule has 7 heteroatoms. The van der Waals surface area contributed by atoms with Gasteiger partial charge in [0.15, 0.2) is 0 Å². The highest BCUT2D eigenvalue weighted by molar-refractivity contribution is 6.16. The summed E-state index contributed by atoms with van der Waals surface area (Å²) in [5.74, 6) is -0.436. The standard InChI is InChI=1S/C29H32N6O/c1-29(2,3)35-11-9-34(10-12-35)21-6-7-22-23-14-19(15-24(28(30)36)27(23)32-25(22)16-21)18-5-8-26-20(13-18)17-31-33(26)4/h5-8,13-17,32H,9-12H2,1-4H3,(H2,30,36). The Balaban J connectivity index is 1.42. The molecular weight excluding hydrogens is 448 g/mol. The largest absolute Gasteiger partial charge is 0.369 e. The van der Waals surface area contributed by atoms with Crippen LogP contribution in [0.3, 0.4) is 0 Å². The third-order valence-electron chi connectivity index (χ3n) is 7.63. The van der Waals surface area contributed by atoms with E-state index in [2.05, 4.69) is 83.1 Å². The number of hydrogen-bond acceptors (Lipinski definition) is 4. The summed E-state index contributed by atoms with van der Waals surface area (Å²) in [6.07, 6.45) is 1.86. The summed E-state index contributed by atoms with van der Waals surface area (Å²) in [7, 11) is 1.93. The van der Waals surface area contributed by atoms with Gasteiger partial charge in [-0.25, -0.2) is 0 Å². The summed E-state index contributed by atoms with van der Waals surface area (Å²) in [4.78, 5) is 21.0. The van der Waals surface area contributed by atoms with E-state index >= 15 is 0 Å². The molecule has 1 fully saturated rings. The lowest BCUT2D eigenvalue weighted by molar-refractivity contribution is 0.100. The van der Waals surface area contributed by atoms with Gasteiger partial charge in [0.05, 0.1) is 22.8 Å². The van der Waals surface area contributed by atoms with Crippen molar-refractivity contribution in [3.05, 3.63) is 60.3 Å². The van der Waals surface area contributed by atoms with Crippen molar-refractivity contribution < 1.29 is 4.79 Å². The molecule has 1 aliphatic rings. The van der Waals surface area contributed by atoms with Crippen LogP contribution in [0.2, 0.25) is 0 Å². The Labute approximate surface area is 210 Å². The van der Waals surface area contributed by atoms with Gasteiger partial charge in [-0.2, -0.15) is 5.10 Å². The van der Waals surface area contributed by atoms with Gasteiger partial charge in [-0.3, -0.25) is 14.4 Å². The molecule has 0 bridgehead atoms. The Morgan fingerprint density at radius 1 is 0.944 bits per heavy atom. The van der Waals surface area contributed by atoms with Crippen molar-refractivity contribution in [2.24, 2.45) is 12.8 Å². The quantitative estimate of drug-likeness (QED) is 0.385. The van der Waals surface area contributed by atoms with Gasteiger partial charge < -0.3 is 15.6 Å².